The highest BCUT2D eigenvalue weighted by Crippen LogP contribution is 2.21. The molecule has 1 rings (SSSR count). The Labute approximate surface area is 70.2 Å². The molecular weight excluding hydrogens is 168 g/mol. The standard InChI is InChI=1S/C6H12O4S/c7-2-5-3(8)1-4(9)6(11)10-5/h3-9,11H,1-2H2/t3-,4-,5-,6-/m1/s1. The maximum absolute atomic E-state index is 9.18. The molecule has 0 aromatic rings. The van der Waals surface area contributed by atoms with Gasteiger partial charge in [0.2, 0.25) is 0 Å². The highest BCUT2D eigenvalue weighted by Gasteiger charge is 2.33. The summed E-state index contributed by atoms with van der Waals surface area (Å²) < 4.78 is 4.97. The maximum atomic E-state index is 9.18. The van der Waals surface area contributed by atoms with Crippen LogP contribution in [-0.2, 0) is 4.74 Å². The molecule has 0 spiro atoms. The van der Waals surface area contributed by atoms with Gasteiger partial charge < -0.3 is 20.1 Å². The van der Waals surface area contributed by atoms with Crippen LogP contribution in [0.4, 0.5) is 0 Å². The van der Waals surface area contributed by atoms with E-state index in [1.165, 1.54) is 0 Å². The minimum atomic E-state index is -0.793. The average Bonchev–Trinajstić information content (AvgIpc) is 1.97. The zero-order valence-corrected chi connectivity index (χ0v) is 6.82. The molecule has 0 saturated carbocycles. The molecule has 0 unspecified atom stereocenters. The van der Waals surface area contributed by atoms with E-state index < -0.39 is 23.7 Å². The summed E-state index contributed by atoms with van der Waals surface area (Å²) in [5.74, 6) is 0. The van der Waals surface area contributed by atoms with Crippen molar-refractivity contribution in [3.05, 3.63) is 0 Å². The monoisotopic (exact) mass is 180 g/mol. The quantitative estimate of drug-likeness (QED) is 0.380. The van der Waals surface area contributed by atoms with E-state index in [0.717, 1.165) is 0 Å². The fourth-order valence-electron chi connectivity index (χ4n) is 1.04. The van der Waals surface area contributed by atoms with Crippen molar-refractivity contribution in [3.8, 4) is 0 Å². The summed E-state index contributed by atoms with van der Waals surface area (Å²) in [5, 5.41) is 27.0. The van der Waals surface area contributed by atoms with Crippen LogP contribution >= 0.6 is 12.6 Å². The van der Waals surface area contributed by atoms with Gasteiger partial charge in [-0.2, -0.15) is 0 Å². The summed E-state index contributed by atoms with van der Waals surface area (Å²) >= 11 is 3.92. The van der Waals surface area contributed by atoms with E-state index in [1.807, 2.05) is 0 Å². The van der Waals surface area contributed by atoms with Crippen molar-refractivity contribution in [1.29, 1.82) is 0 Å². The van der Waals surface area contributed by atoms with E-state index in [0.29, 0.717) is 0 Å². The van der Waals surface area contributed by atoms with Crippen LogP contribution in [-0.4, -0.2) is 45.7 Å². The zero-order chi connectivity index (χ0) is 8.43. The van der Waals surface area contributed by atoms with Crippen molar-refractivity contribution >= 4 is 12.6 Å². The molecular formula is C6H12O4S. The lowest BCUT2D eigenvalue weighted by Gasteiger charge is -2.33. The van der Waals surface area contributed by atoms with E-state index in [9.17, 15) is 5.11 Å². The summed E-state index contributed by atoms with van der Waals surface area (Å²) in [7, 11) is 0. The lowest BCUT2D eigenvalue weighted by atomic mass is 10.0. The van der Waals surface area contributed by atoms with E-state index in [1.54, 1.807) is 0 Å². The Morgan fingerprint density at radius 1 is 1.36 bits per heavy atom. The van der Waals surface area contributed by atoms with Crippen LogP contribution in [0.25, 0.3) is 0 Å². The average molecular weight is 180 g/mol. The summed E-state index contributed by atoms with van der Waals surface area (Å²) in [6, 6.07) is 0. The fraction of sp³-hybridized carbons (Fsp3) is 1.00. The fourth-order valence-corrected chi connectivity index (χ4v) is 1.32. The van der Waals surface area contributed by atoms with Gasteiger partial charge >= 0.3 is 0 Å². The Kier molecular flexibility index (Phi) is 3.15. The van der Waals surface area contributed by atoms with Gasteiger partial charge in [-0.25, -0.2) is 0 Å². The minimum Gasteiger partial charge on any atom is -0.394 e. The van der Waals surface area contributed by atoms with Crippen LogP contribution in [0.3, 0.4) is 0 Å². The van der Waals surface area contributed by atoms with Gasteiger partial charge in [-0.05, 0) is 0 Å². The van der Waals surface area contributed by atoms with Gasteiger partial charge in [0.25, 0.3) is 0 Å². The van der Waals surface area contributed by atoms with Crippen LogP contribution in [0.1, 0.15) is 6.42 Å². The molecule has 11 heavy (non-hydrogen) atoms. The molecule has 4 nitrogen and oxygen atoms in total. The van der Waals surface area contributed by atoms with E-state index in [-0.39, 0.29) is 13.0 Å². The number of thiol groups is 1. The van der Waals surface area contributed by atoms with Crippen LogP contribution in [0, 0.1) is 0 Å². The summed E-state index contributed by atoms with van der Waals surface area (Å²) in [4.78, 5) is 0. The number of ether oxygens (including phenoxy) is 1. The SMILES string of the molecule is OC[C@H]1O[C@H](S)[C@H](O)C[C@H]1O. The summed E-state index contributed by atoms with van der Waals surface area (Å²) in [6.45, 7) is -0.245. The molecule has 0 radical (unpaired) electrons. The van der Waals surface area contributed by atoms with Crippen LogP contribution in [0.15, 0.2) is 0 Å². The first-order chi connectivity index (χ1) is 5.15. The second kappa shape index (κ2) is 3.73. The number of aliphatic hydroxyl groups excluding tert-OH is 3. The van der Waals surface area contributed by atoms with Gasteiger partial charge in [-0.1, -0.05) is 0 Å². The predicted molar refractivity (Wildman–Crippen MR) is 41.4 cm³/mol. The summed E-state index contributed by atoms with van der Waals surface area (Å²) in [6.07, 6.45) is -1.95. The number of rotatable bonds is 1. The van der Waals surface area contributed by atoms with Crippen molar-refractivity contribution in [2.75, 3.05) is 6.61 Å². The van der Waals surface area contributed by atoms with Crippen molar-refractivity contribution in [1.82, 2.24) is 0 Å². The molecule has 1 aliphatic heterocycles. The molecule has 0 amide bonds. The van der Waals surface area contributed by atoms with Crippen molar-refractivity contribution in [2.45, 2.75) is 30.2 Å². The van der Waals surface area contributed by atoms with Crippen LogP contribution in [0.5, 0.6) is 0 Å². The predicted octanol–water partition coefficient (Wildman–Crippen LogP) is -1.25. The van der Waals surface area contributed by atoms with Gasteiger partial charge in [-0.15, -0.1) is 12.6 Å². The lowest BCUT2D eigenvalue weighted by Crippen LogP contribution is -2.46. The third-order valence-corrected chi connectivity index (χ3v) is 2.20. The second-order valence-corrected chi connectivity index (χ2v) is 3.13. The minimum absolute atomic E-state index is 0.208. The molecule has 1 heterocycles. The van der Waals surface area contributed by atoms with Gasteiger partial charge in [0.05, 0.1) is 18.8 Å². The molecule has 0 aromatic carbocycles. The smallest absolute Gasteiger partial charge is 0.127 e. The molecule has 3 N–H and O–H groups in total. The van der Waals surface area contributed by atoms with Crippen molar-refractivity contribution < 1.29 is 20.1 Å². The first-order valence-corrected chi connectivity index (χ1v) is 3.97. The highest BCUT2D eigenvalue weighted by molar-refractivity contribution is 7.80. The summed E-state index contributed by atoms with van der Waals surface area (Å²) in [5.41, 5.74) is -0.601. The van der Waals surface area contributed by atoms with Crippen LogP contribution in [0.2, 0.25) is 0 Å². The number of hydrogen-bond donors (Lipinski definition) is 4. The molecule has 0 aromatic heterocycles. The zero-order valence-electron chi connectivity index (χ0n) is 5.92. The van der Waals surface area contributed by atoms with Gasteiger partial charge in [0.1, 0.15) is 11.5 Å². The first-order valence-electron chi connectivity index (χ1n) is 3.45. The van der Waals surface area contributed by atoms with E-state index in [4.69, 9.17) is 14.9 Å². The van der Waals surface area contributed by atoms with Crippen LogP contribution < -0.4 is 0 Å². The third-order valence-electron chi connectivity index (χ3n) is 1.74. The van der Waals surface area contributed by atoms with Gasteiger partial charge in [0, 0.05) is 6.42 Å². The molecule has 4 atom stereocenters. The molecule has 5 heteroatoms. The molecule has 1 saturated heterocycles. The Morgan fingerprint density at radius 3 is 2.55 bits per heavy atom. The molecule has 1 aliphatic rings. The number of hydrogen-bond acceptors (Lipinski definition) is 5. The second-order valence-electron chi connectivity index (χ2n) is 2.62. The van der Waals surface area contributed by atoms with Gasteiger partial charge in [0.15, 0.2) is 0 Å². The molecule has 66 valence electrons. The Morgan fingerprint density at radius 2 is 2.00 bits per heavy atom. The molecule has 1 fully saturated rings. The first kappa shape index (κ1) is 9.28. The lowest BCUT2D eigenvalue weighted by molar-refractivity contribution is -0.149. The topological polar surface area (TPSA) is 69.9 Å². The Hall–Kier alpha value is 0.190. The van der Waals surface area contributed by atoms with E-state index in [2.05, 4.69) is 12.6 Å². The van der Waals surface area contributed by atoms with Crippen molar-refractivity contribution in [3.63, 3.8) is 0 Å². The molecule has 0 aliphatic carbocycles. The normalized spacial score (nSPS) is 45.8. The van der Waals surface area contributed by atoms with Gasteiger partial charge in [-0.3, -0.25) is 0 Å². The maximum Gasteiger partial charge on any atom is 0.127 e. The molecule has 0 bridgehead atoms. The highest BCUT2D eigenvalue weighted by atomic mass is 32.1. The third kappa shape index (κ3) is 2.07. The number of aliphatic hydroxyl groups is 3. The van der Waals surface area contributed by atoms with E-state index >= 15 is 0 Å². The largest absolute Gasteiger partial charge is 0.394 e. The Bertz CT molecular complexity index is 132. The Balaban J connectivity index is 2.48. The van der Waals surface area contributed by atoms with Crippen molar-refractivity contribution in [2.24, 2.45) is 0 Å².